The molecular formula is C17H19F3N2O2S2. The van der Waals surface area contributed by atoms with Crippen LogP contribution in [0.25, 0.3) is 0 Å². The van der Waals surface area contributed by atoms with Crippen LogP contribution in [-0.4, -0.2) is 32.4 Å². The molecule has 0 amide bonds. The summed E-state index contributed by atoms with van der Waals surface area (Å²) in [6.07, 6.45) is -2.98. The predicted octanol–water partition coefficient (Wildman–Crippen LogP) is 3.71. The average Bonchev–Trinajstić information content (AvgIpc) is 3.12. The topological polar surface area (TPSA) is 49.4 Å². The van der Waals surface area contributed by atoms with E-state index in [0.717, 1.165) is 17.7 Å². The van der Waals surface area contributed by atoms with Gasteiger partial charge in [-0.15, -0.1) is 11.3 Å². The highest BCUT2D eigenvalue weighted by molar-refractivity contribution is 7.91. The third-order valence-corrected chi connectivity index (χ3v) is 7.27. The van der Waals surface area contributed by atoms with Crippen molar-refractivity contribution in [1.29, 1.82) is 0 Å². The molecule has 1 aliphatic heterocycles. The molecule has 142 valence electrons. The van der Waals surface area contributed by atoms with E-state index in [4.69, 9.17) is 0 Å². The molecule has 4 nitrogen and oxygen atoms in total. The Bertz CT molecular complexity index is 811. The standard InChI is InChI=1S/C17H19F3N2O2S2/c18-17(19,20)14-5-3-13(4-6-14)12-22-9-7-15(8-10-22)21-26(23,24)16-2-1-11-25-16/h1-6,11,15,21H,7-10,12H2. The van der Waals surface area contributed by atoms with Crippen LogP contribution in [0, 0.1) is 0 Å². The van der Waals surface area contributed by atoms with Crippen LogP contribution in [0.1, 0.15) is 24.0 Å². The van der Waals surface area contributed by atoms with Crippen molar-refractivity contribution >= 4 is 21.4 Å². The summed E-state index contributed by atoms with van der Waals surface area (Å²) in [4.78, 5) is 2.12. The average molecular weight is 404 g/mol. The Morgan fingerprint density at radius 2 is 1.77 bits per heavy atom. The lowest BCUT2D eigenvalue weighted by molar-refractivity contribution is -0.137. The number of halogens is 3. The predicted molar refractivity (Wildman–Crippen MR) is 94.4 cm³/mol. The Morgan fingerprint density at radius 1 is 1.12 bits per heavy atom. The summed E-state index contributed by atoms with van der Waals surface area (Å²) in [5.41, 5.74) is 0.165. The highest BCUT2D eigenvalue weighted by Crippen LogP contribution is 2.29. The molecule has 26 heavy (non-hydrogen) atoms. The van der Waals surface area contributed by atoms with Gasteiger partial charge in [0.1, 0.15) is 4.21 Å². The summed E-state index contributed by atoms with van der Waals surface area (Å²) in [5, 5.41) is 1.72. The number of likely N-dealkylation sites (tertiary alicyclic amines) is 1. The SMILES string of the molecule is O=S(=O)(NC1CCN(Cc2ccc(C(F)(F)F)cc2)CC1)c1cccs1. The summed E-state index contributed by atoms with van der Waals surface area (Å²) >= 11 is 1.18. The molecule has 1 saturated heterocycles. The first-order valence-electron chi connectivity index (χ1n) is 8.18. The van der Waals surface area contributed by atoms with Crippen LogP contribution in [0.5, 0.6) is 0 Å². The molecule has 1 N–H and O–H groups in total. The maximum Gasteiger partial charge on any atom is 0.416 e. The smallest absolute Gasteiger partial charge is 0.299 e. The fraction of sp³-hybridized carbons (Fsp3) is 0.412. The molecule has 0 bridgehead atoms. The minimum absolute atomic E-state index is 0.119. The Morgan fingerprint density at radius 3 is 2.31 bits per heavy atom. The van der Waals surface area contributed by atoms with Gasteiger partial charge in [-0.1, -0.05) is 18.2 Å². The zero-order valence-corrected chi connectivity index (χ0v) is 15.5. The number of hydrogen-bond donors (Lipinski definition) is 1. The number of sulfonamides is 1. The second-order valence-electron chi connectivity index (χ2n) is 6.30. The molecule has 2 heterocycles. The molecule has 0 spiro atoms. The second kappa shape index (κ2) is 7.67. The first kappa shape index (κ1) is 19.3. The first-order valence-corrected chi connectivity index (χ1v) is 10.5. The van der Waals surface area contributed by atoms with E-state index in [1.54, 1.807) is 17.5 Å². The van der Waals surface area contributed by atoms with Crippen LogP contribution >= 0.6 is 11.3 Å². The largest absolute Gasteiger partial charge is 0.416 e. The molecule has 2 aromatic rings. The van der Waals surface area contributed by atoms with E-state index < -0.39 is 21.8 Å². The Balaban J connectivity index is 1.51. The van der Waals surface area contributed by atoms with Gasteiger partial charge in [-0.3, -0.25) is 4.90 Å². The highest BCUT2D eigenvalue weighted by Gasteiger charge is 2.30. The number of rotatable bonds is 5. The van der Waals surface area contributed by atoms with Gasteiger partial charge in [-0.25, -0.2) is 13.1 Å². The molecule has 0 atom stereocenters. The van der Waals surface area contributed by atoms with Gasteiger partial charge in [0.25, 0.3) is 0 Å². The van der Waals surface area contributed by atoms with E-state index in [2.05, 4.69) is 9.62 Å². The summed E-state index contributed by atoms with van der Waals surface area (Å²) in [7, 11) is -3.47. The first-order chi connectivity index (χ1) is 12.2. The lowest BCUT2D eigenvalue weighted by atomic mass is 10.0. The van der Waals surface area contributed by atoms with Crippen LogP contribution in [0.4, 0.5) is 13.2 Å². The van der Waals surface area contributed by atoms with Gasteiger partial charge in [-0.2, -0.15) is 13.2 Å². The lowest BCUT2D eigenvalue weighted by Crippen LogP contribution is -2.44. The molecule has 9 heteroatoms. The highest BCUT2D eigenvalue weighted by atomic mass is 32.2. The number of nitrogens with one attached hydrogen (secondary N) is 1. The third-order valence-electron chi connectivity index (χ3n) is 4.36. The maximum atomic E-state index is 12.6. The van der Waals surface area contributed by atoms with Crippen molar-refractivity contribution in [2.75, 3.05) is 13.1 Å². The van der Waals surface area contributed by atoms with E-state index >= 15 is 0 Å². The Kier molecular flexibility index (Phi) is 5.71. The zero-order valence-electron chi connectivity index (χ0n) is 13.9. The van der Waals surface area contributed by atoms with Crippen LogP contribution in [0.3, 0.4) is 0 Å². The van der Waals surface area contributed by atoms with E-state index in [9.17, 15) is 21.6 Å². The number of alkyl halides is 3. The van der Waals surface area contributed by atoms with Crippen molar-refractivity contribution < 1.29 is 21.6 Å². The molecule has 0 radical (unpaired) electrons. The van der Waals surface area contributed by atoms with Crippen molar-refractivity contribution in [2.24, 2.45) is 0 Å². The van der Waals surface area contributed by atoms with Crippen LogP contribution < -0.4 is 4.72 Å². The maximum absolute atomic E-state index is 12.6. The van der Waals surface area contributed by atoms with Gasteiger partial charge in [0, 0.05) is 25.7 Å². The van der Waals surface area contributed by atoms with E-state index in [1.165, 1.54) is 23.5 Å². The summed E-state index contributed by atoms with van der Waals surface area (Å²) in [6, 6.07) is 8.33. The van der Waals surface area contributed by atoms with Crippen LogP contribution in [-0.2, 0) is 22.7 Å². The van der Waals surface area contributed by atoms with E-state index in [0.29, 0.717) is 36.7 Å². The van der Waals surface area contributed by atoms with Gasteiger partial charge in [0.05, 0.1) is 5.56 Å². The molecule has 0 unspecified atom stereocenters. The van der Waals surface area contributed by atoms with Crippen molar-refractivity contribution in [2.45, 2.75) is 35.8 Å². The Labute approximate surface area is 154 Å². The van der Waals surface area contributed by atoms with Crippen molar-refractivity contribution in [1.82, 2.24) is 9.62 Å². The summed E-state index contributed by atoms with van der Waals surface area (Å²) in [5.74, 6) is 0. The number of piperidine rings is 1. The zero-order chi connectivity index (χ0) is 18.8. The minimum Gasteiger partial charge on any atom is -0.299 e. The molecule has 1 aliphatic rings. The van der Waals surface area contributed by atoms with Crippen LogP contribution in [0.2, 0.25) is 0 Å². The number of nitrogens with zero attached hydrogens (tertiary/aromatic N) is 1. The molecular weight excluding hydrogens is 385 g/mol. The van der Waals surface area contributed by atoms with Gasteiger partial charge in [0.2, 0.25) is 10.0 Å². The van der Waals surface area contributed by atoms with Crippen molar-refractivity contribution in [3.8, 4) is 0 Å². The normalized spacial score (nSPS) is 17.5. The number of thiophene rings is 1. The summed E-state index contributed by atoms with van der Waals surface area (Å²) in [6.45, 7) is 1.94. The molecule has 1 aromatic heterocycles. The van der Waals surface area contributed by atoms with Gasteiger partial charge >= 0.3 is 6.18 Å². The third kappa shape index (κ3) is 4.85. The molecule has 0 saturated carbocycles. The monoisotopic (exact) mass is 404 g/mol. The summed E-state index contributed by atoms with van der Waals surface area (Å²) < 4.78 is 65.3. The molecule has 3 rings (SSSR count). The number of hydrogen-bond acceptors (Lipinski definition) is 4. The minimum atomic E-state index is -4.32. The number of benzene rings is 1. The van der Waals surface area contributed by atoms with Gasteiger partial charge < -0.3 is 0 Å². The molecule has 1 fully saturated rings. The molecule has 0 aliphatic carbocycles. The Hall–Kier alpha value is -1.42. The lowest BCUT2D eigenvalue weighted by Gasteiger charge is -2.32. The van der Waals surface area contributed by atoms with Crippen LogP contribution in [0.15, 0.2) is 46.0 Å². The quantitative estimate of drug-likeness (QED) is 0.827. The van der Waals surface area contributed by atoms with E-state index in [-0.39, 0.29) is 6.04 Å². The van der Waals surface area contributed by atoms with Crippen molar-refractivity contribution in [3.05, 3.63) is 52.9 Å². The van der Waals surface area contributed by atoms with Crippen molar-refractivity contribution in [3.63, 3.8) is 0 Å². The second-order valence-corrected chi connectivity index (χ2v) is 9.19. The fourth-order valence-electron chi connectivity index (χ4n) is 2.96. The van der Waals surface area contributed by atoms with Gasteiger partial charge in [-0.05, 0) is 42.0 Å². The molecule has 1 aromatic carbocycles. The van der Waals surface area contributed by atoms with Gasteiger partial charge in [0.15, 0.2) is 0 Å². The fourth-order valence-corrected chi connectivity index (χ4v) is 5.27. The van der Waals surface area contributed by atoms with E-state index in [1.807, 2.05) is 0 Å².